The van der Waals surface area contributed by atoms with Crippen molar-refractivity contribution in [3.63, 3.8) is 0 Å². The van der Waals surface area contributed by atoms with E-state index in [1.807, 2.05) is 0 Å². The third-order valence-electron chi connectivity index (χ3n) is 6.88. The van der Waals surface area contributed by atoms with Gasteiger partial charge in [-0.25, -0.2) is 0 Å². The Bertz CT molecular complexity index is 574. The topological polar surface area (TPSA) is 92.4 Å². The highest BCUT2D eigenvalue weighted by atomic mass is 16.4. The van der Waals surface area contributed by atoms with Crippen LogP contribution in [0.2, 0.25) is 0 Å². The van der Waals surface area contributed by atoms with Gasteiger partial charge in [0.1, 0.15) is 0 Å². The number of amides is 1. The summed E-state index contributed by atoms with van der Waals surface area (Å²) < 4.78 is 0. The van der Waals surface area contributed by atoms with Gasteiger partial charge in [0.05, 0.1) is 18.0 Å². The Balaban J connectivity index is 1.66. The molecule has 5 nitrogen and oxygen atoms in total. The maximum absolute atomic E-state index is 12.1. The highest BCUT2D eigenvalue weighted by Gasteiger charge is 2.58. The average Bonchev–Trinajstić information content (AvgIpc) is 3.03. The molecule has 0 aliphatic heterocycles. The first-order valence-corrected chi connectivity index (χ1v) is 9.07. The van der Waals surface area contributed by atoms with Gasteiger partial charge < -0.3 is 16.2 Å². The number of hydrogen-bond donors (Lipinski definition) is 3. The molecule has 3 aliphatic rings. The van der Waals surface area contributed by atoms with Crippen LogP contribution in [0.15, 0.2) is 12.2 Å². The van der Waals surface area contributed by atoms with Gasteiger partial charge in [-0.05, 0) is 54.8 Å². The Morgan fingerprint density at radius 3 is 2.46 bits per heavy atom. The van der Waals surface area contributed by atoms with Crippen LogP contribution < -0.4 is 11.1 Å². The molecule has 134 valence electrons. The fourth-order valence-corrected chi connectivity index (χ4v) is 5.19. The van der Waals surface area contributed by atoms with Crippen LogP contribution in [0.25, 0.3) is 0 Å². The summed E-state index contributed by atoms with van der Waals surface area (Å²) in [5, 5.41) is 11.7. The molecule has 0 radical (unpaired) electrons. The minimum absolute atomic E-state index is 0.304. The lowest BCUT2D eigenvalue weighted by Crippen LogP contribution is -2.47. The molecule has 0 aromatic heterocycles. The van der Waals surface area contributed by atoms with Gasteiger partial charge in [0.2, 0.25) is 5.91 Å². The number of carboxylic acids is 1. The number of allylic oxidation sites excluding steroid dienone is 1. The maximum Gasteiger partial charge on any atom is 0.305 e. The van der Waals surface area contributed by atoms with E-state index in [0.717, 1.165) is 18.8 Å². The van der Waals surface area contributed by atoms with Gasteiger partial charge in [0.25, 0.3) is 0 Å². The molecule has 3 rings (SSSR count). The highest BCUT2D eigenvalue weighted by Crippen LogP contribution is 2.66. The zero-order chi connectivity index (χ0) is 17.8. The molecule has 2 bridgehead atoms. The van der Waals surface area contributed by atoms with Gasteiger partial charge in [0.15, 0.2) is 0 Å². The van der Waals surface area contributed by atoms with Gasteiger partial charge in [-0.2, -0.15) is 0 Å². The average molecular weight is 334 g/mol. The number of carbonyl (C=O) groups excluding carboxylic acids is 1. The molecule has 3 saturated carbocycles. The molecule has 4 atom stereocenters. The predicted molar refractivity (Wildman–Crippen MR) is 92.2 cm³/mol. The normalized spacial score (nSPS) is 36.7. The van der Waals surface area contributed by atoms with Crippen molar-refractivity contribution in [1.82, 2.24) is 5.32 Å². The molecule has 4 N–H and O–H groups in total. The lowest BCUT2D eigenvalue weighted by molar-refractivity contribution is -0.139. The predicted octanol–water partition coefficient (Wildman–Crippen LogP) is 2.46. The monoisotopic (exact) mass is 334 g/mol. The van der Waals surface area contributed by atoms with Crippen LogP contribution in [0.3, 0.4) is 0 Å². The highest BCUT2D eigenvalue weighted by molar-refractivity contribution is 5.86. The molecule has 24 heavy (non-hydrogen) atoms. The first kappa shape index (κ1) is 17.5. The second-order valence-corrected chi connectivity index (χ2v) is 9.10. The Morgan fingerprint density at radius 2 is 1.96 bits per heavy atom. The van der Waals surface area contributed by atoms with Crippen molar-refractivity contribution in [1.29, 1.82) is 0 Å². The van der Waals surface area contributed by atoms with E-state index in [4.69, 9.17) is 10.8 Å². The van der Waals surface area contributed by atoms with E-state index in [1.165, 1.54) is 19.3 Å². The van der Waals surface area contributed by atoms with Crippen LogP contribution >= 0.6 is 0 Å². The van der Waals surface area contributed by atoms with Crippen LogP contribution in [0.5, 0.6) is 0 Å². The quantitative estimate of drug-likeness (QED) is 0.651. The second kappa shape index (κ2) is 5.58. The molecule has 0 aromatic rings. The molecule has 0 saturated heterocycles. The zero-order valence-corrected chi connectivity index (χ0v) is 15.0. The molecule has 3 aliphatic carbocycles. The van der Waals surface area contributed by atoms with E-state index >= 15 is 0 Å². The molecule has 0 heterocycles. The molecule has 1 amide bonds. The van der Waals surface area contributed by atoms with E-state index in [9.17, 15) is 9.59 Å². The molecule has 5 heteroatoms. The number of hydrogen-bond acceptors (Lipinski definition) is 3. The van der Waals surface area contributed by atoms with E-state index < -0.39 is 12.0 Å². The Morgan fingerprint density at radius 1 is 1.29 bits per heavy atom. The largest absolute Gasteiger partial charge is 0.481 e. The van der Waals surface area contributed by atoms with Gasteiger partial charge in [-0.15, -0.1) is 0 Å². The van der Waals surface area contributed by atoms with Crippen molar-refractivity contribution in [3.05, 3.63) is 12.2 Å². The summed E-state index contributed by atoms with van der Waals surface area (Å²) >= 11 is 0. The summed E-state index contributed by atoms with van der Waals surface area (Å²) in [6.45, 7) is 7.15. The van der Waals surface area contributed by atoms with Crippen LogP contribution in [0, 0.1) is 22.7 Å². The van der Waals surface area contributed by atoms with Crippen LogP contribution in [0.1, 0.15) is 59.3 Å². The molecular formula is C19H30N2O3. The number of rotatable bonds is 6. The zero-order valence-electron chi connectivity index (χ0n) is 15.0. The lowest BCUT2D eigenvalue weighted by atomic mass is 9.64. The summed E-state index contributed by atoms with van der Waals surface area (Å²) in [5.41, 5.74) is 6.05. The number of carbonyl (C=O) groups is 2. The number of nitrogens with two attached hydrogens (primary N) is 1. The third kappa shape index (κ3) is 2.99. The Hall–Kier alpha value is -1.36. The van der Waals surface area contributed by atoms with Gasteiger partial charge in [-0.3, -0.25) is 9.59 Å². The minimum atomic E-state index is -1.05. The van der Waals surface area contributed by atoms with Crippen molar-refractivity contribution in [2.24, 2.45) is 28.4 Å². The first-order valence-electron chi connectivity index (χ1n) is 9.07. The first-order chi connectivity index (χ1) is 11.1. The molecule has 3 fully saturated rings. The number of fused-ring (bicyclic) bond motifs is 2. The second-order valence-electron chi connectivity index (χ2n) is 9.10. The minimum Gasteiger partial charge on any atom is -0.481 e. The van der Waals surface area contributed by atoms with Crippen molar-refractivity contribution < 1.29 is 14.7 Å². The maximum atomic E-state index is 12.1. The smallest absolute Gasteiger partial charge is 0.305 e. The fourth-order valence-electron chi connectivity index (χ4n) is 5.19. The standard InChI is InChI=1S/C19H30N2O3/c1-17(2)12-4-6-18(3,11-12)14(17)5-7-19(8-9-19)21-16(24)13(20)10-15(22)23/h5,7,12-14H,4,6,8-11,20H2,1-3H3,(H,21,24)(H,22,23)/t12?,13-,14?,18?/m0/s1. The lowest BCUT2D eigenvalue weighted by Gasteiger charge is -2.41. The van der Waals surface area contributed by atoms with Crippen molar-refractivity contribution in [2.45, 2.75) is 70.9 Å². The molecular weight excluding hydrogens is 304 g/mol. The third-order valence-corrected chi connectivity index (χ3v) is 6.88. The van der Waals surface area contributed by atoms with E-state index in [1.54, 1.807) is 0 Å². The van der Waals surface area contributed by atoms with Crippen molar-refractivity contribution >= 4 is 11.9 Å². The fraction of sp³-hybridized carbons (Fsp3) is 0.789. The molecule has 0 spiro atoms. The van der Waals surface area contributed by atoms with Crippen molar-refractivity contribution in [3.8, 4) is 0 Å². The van der Waals surface area contributed by atoms with Crippen LogP contribution in [0.4, 0.5) is 0 Å². The summed E-state index contributed by atoms with van der Waals surface area (Å²) in [6, 6.07) is -0.982. The van der Waals surface area contributed by atoms with Crippen molar-refractivity contribution in [2.75, 3.05) is 0 Å². The summed E-state index contributed by atoms with van der Waals surface area (Å²) in [6.07, 6.45) is 9.90. The van der Waals surface area contributed by atoms with E-state index in [0.29, 0.717) is 16.7 Å². The van der Waals surface area contributed by atoms with Gasteiger partial charge in [0, 0.05) is 0 Å². The number of nitrogens with one attached hydrogen (secondary N) is 1. The van der Waals surface area contributed by atoms with Crippen LogP contribution in [-0.2, 0) is 9.59 Å². The van der Waals surface area contributed by atoms with E-state index in [2.05, 4.69) is 38.2 Å². The number of aliphatic carboxylic acids is 1. The van der Waals surface area contributed by atoms with Gasteiger partial charge >= 0.3 is 5.97 Å². The summed E-state index contributed by atoms with van der Waals surface area (Å²) in [7, 11) is 0. The molecule has 0 aromatic carbocycles. The summed E-state index contributed by atoms with van der Waals surface area (Å²) in [5.74, 6) is -0.0793. The Kier molecular flexibility index (Phi) is 4.06. The summed E-state index contributed by atoms with van der Waals surface area (Å²) in [4.78, 5) is 22.8. The Labute approximate surface area is 144 Å². The van der Waals surface area contributed by atoms with E-state index in [-0.39, 0.29) is 17.9 Å². The molecule has 3 unspecified atom stereocenters. The number of carboxylic acid groups (broad SMARTS) is 1. The van der Waals surface area contributed by atoms with Gasteiger partial charge in [-0.1, -0.05) is 32.9 Å². The van der Waals surface area contributed by atoms with Crippen LogP contribution in [-0.4, -0.2) is 28.6 Å². The SMILES string of the molecule is CC12CCC(C1)C(C)(C)C2C=CC1(NC(=O)[C@@H](N)CC(=O)O)CC1.